The molecule has 1 aromatic carbocycles. The molecular weight excluding hydrogens is 296 g/mol. The van der Waals surface area contributed by atoms with Gasteiger partial charge in [-0.3, -0.25) is 4.79 Å². The first kappa shape index (κ1) is 18.8. The summed E-state index contributed by atoms with van der Waals surface area (Å²) in [6.45, 7) is 4.04. The minimum absolute atomic E-state index is 0.119. The van der Waals surface area contributed by atoms with Crippen molar-refractivity contribution in [3.8, 4) is 5.75 Å². The lowest BCUT2D eigenvalue weighted by atomic mass is 10.0. The van der Waals surface area contributed by atoms with Gasteiger partial charge in [-0.15, -0.1) is 0 Å². The van der Waals surface area contributed by atoms with Crippen molar-refractivity contribution < 1.29 is 19.4 Å². The molecule has 0 aliphatic heterocycles. The van der Waals surface area contributed by atoms with Crippen molar-refractivity contribution in [1.29, 1.82) is 0 Å². The third kappa shape index (κ3) is 7.04. The fraction of sp³-hybridized carbons (Fsp3) is 0.529. The number of carbonyl (C=O) groups excluding carboxylic acids is 1. The lowest BCUT2D eigenvalue weighted by Gasteiger charge is -2.17. The van der Waals surface area contributed by atoms with Gasteiger partial charge in [-0.1, -0.05) is 19.9 Å². The maximum atomic E-state index is 11.8. The van der Waals surface area contributed by atoms with E-state index in [1.165, 1.54) is 0 Å². The van der Waals surface area contributed by atoms with Gasteiger partial charge >= 0.3 is 5.97 Å². The van der Waals surface area contributed by atoms with Crippen LogP contribution in [-0.4, -0.2) is 43.7 Å². The lowest BCUT2D eigenvalue weighted by Crippen LogP contribution is -2.42. The smallest absolute Gasteiger partial charge is 0.326 e. The molecule has 23 heavy (non-hydrogen) atoms. The van der Waals surface area contributed by atoms with E-state index in [0.717, 1.165) is 5.69 Å². The van der Waals surface area contributed by atoms with Gasteiger partial charge in [0.15, 0.2) is 0 Å². The maximum absolute atomic E-state index is 11.8. The first-order valence-electron chi connectivity index (χ1n) is 7.72. The summed E-state index contributed by atoms with van der Waals surface area (Å²) in [4.78, 5) is 24.9. The number of ether oxygens (including phenoxy) is 1. The van der Waals surface area contributed by atoms with Crippen molar-refractivity contribution in [3.05, 3.63) is 24.3 Å². The van der Waals surface area contributed by atoms with Crippen LogP contribution < -0.4 is 15.0 Å². The summed E-state index contributed by atoms with van der Waals surface area (Å²) in [6.07, 6.45) is 0.529. The van der Waals surface area contributed by atoms with E-state index >= 15 is 0 Å². The average molecular weight is 322 g/mol. The van der Waals surface area contributed by atoms with Crippen LogP contribution >= 0.6 is 0 Å². The molecule has 1 unspecified atom stereocenters. The molecule has 0 radical (unpaired) electrons. The molecule has 0 fully saturated rings. The van der Waals surface area contributed by atoms with E-state index in [1.807, 2.05) is 57.1 Å². The molecule has 1 rings (SSSR count). The molecule has 1 atom stereocenters. The van der Waals surface area contributed by atoms with Crippen molar-refractivity contribution in [1.82, 2.24) is 5.32 Å². The molecule has 0 heterocycles. The molecule has 0 aliphatic rings. The van der Waals surface area contributed by atoms with Crippen LogP contribution in [0.1, 0.15) is 26.7 Å². The molecule has 0 aliphatic carbocycles. The zero-order chi connectivity index (χ0) is 17.4. The quantitative estimate of drug-likeness (QED) is 0.728. The van der Waals surface area contributed by atoms with Crippen LogP contribution in [0.4, 0.5) is 5.69 Å². The maximum Gasteiger partial charge on any atom is 0.326 e. The Morgan fingerprint density at radius 3 is 2.57 bits per heavy atom. The number of benzene rings is 1. The summed E-state index contributed by atoms with van der Waals surface area (Å²) in [6, 6.07) is 6.71. The second kappa shape index (κ2) is 9.02. The highest BCUT2D eigenvalue weighted by atomic mass is 16.5. The predicted octanol–water partition coefficient (Wildman–Crippen LogP) is 2.14. The van der Waals surface area contributed by atoms with Crippen molar-refractivity contribution >= 4 is 17.6 Å². The molecule has 0 aromatic heterocycles. The van der Waals surface area contributed by atoms with Crippen molar-refractivity contribution in [2.45, 2.75) is 32.7 Å². The number of nitrogens with zero attached hydrogens (tertiary/aromatic N) is 1. The van der Waals surface area contributed by atoms with Gasteiger partial charge in [0.25, 0.3) is 0 Å². The lowest BCUT2D eigenvalue weighted by molar-refractivity contribution is -0.142. The van der Waals surface area contributed by atoms with Gasteiger partial charge in [-0.05, 0) is 24.5 Å². The van der Waals surface area contributed by atoms with E-state index < -0.39 is 12.0 Å². The molecule has 0 saturated heterocycles. The van der Waals surface area contributed by atoms with E-state index in [9.17, 15) is 9.59 Å². The number of hydrogen-bond acceptors (Lipinski definition) is 4. The Balaban J connectivity index is 2.44. The number of hydrogen-bond donors (Lipinski definition) is 2. The van der Waals surface area contributed by atoms with Gasteiger partial charge in [-0.25, -0.2) is 4.79 Å². The number of anilines is 1. The molecule has 0 saturated carbocycles. The van der Waals surface area contributed by atoms with Crippen molar-refractivity contribution in [2.75, 3.05) is 25.6 Å². The molecule has 0 spiro atoms. The van der Waals surface area contributed by atoms with Crippen LogP contribution in [0.3, 0.4) is 0 Å². The zero-order valence-corrected chi connectivity index (χ0v) is 14.2. The molecule has 128 valence electrons. The second-order valence-electron chi connectivity index (χ2n) is 6.08. The van der Waals surface area contributed by atoms with Gasteiger partial charge in [0, 0.05) is 25.8 Å². The Kier molecular flexibility index (Phi) is 7.38. The van der Waals surface area contributed by atoms with E-state index in [4.69, 9.17) is 9.84 Å². The molecule has 6 nitrogen and oxygen atoms in total. The van der Waals surface area contributed by atoms with Gasteiger partial charge in [0.05, 0.1) is 13.0 Å². The van der Waals surface area contributed by atoms with Crippen LogP contribution in [0.25, 0.3) is 0 Å². The largest absolute Gasteiger partial charge is 0.493 e. The highest BCUT2D eigenvalue weighted by Gasteiger charge is 2.20. The van der Waals surface area contributed by atoms with Gasteiger partial charge in [0.1, 0.15) is 11.8 Å². The van der Waals surface area contributed by atoms with E-state index in [0.29, 0.717) is 12.2 Å². The fourth-order valence-corrected chi connectivity index (χ4v) is 2.07. The fourth-order valence-electron chi connectivity index (χ4n) is 2.07. The summed E-state index contributed by atoms with van der Waals surface area (Å²) in [5.74, 6) is -0.448. The molecule has 6 heteroatoms. The summed E-state index contributed by atoms with van der Waals surface area (Å²) in [5, 5.41) is 11.6. The van der Waals surface area contributed by atoms with Crippen molar-refractivity contribution in [2.24, 2.45) is 5.92 Å². The van der Waals surface area contributed by atoms with Gasteiger partial charge in [-0.2, -0.15) is 0 Å². The topological polar surface area (TPSA) is 78.9 Å². The number of carboxylic acid groups (broad SMARTS) is 1. The van der Waals surface area contributed by atoms with Crippen LogP contribution in [0.15, 0.2) is 24.3 Å². The monoisotopic (exact) mass is 322 g/mol. The number of nitrogens with one attached hydrogen (secondary N) is 1. The number of carbonyl (C=O) groups is 2. The molecule has 1 aromatic rings. The number of amides is 1. The van der Waals surface area contributed by atoms with Crippen LogP contribution in [0.5, 0.6) is 5.75 Å². The van der Waals surface area contributed by atoms with Gasteiger partial charge in [0.2, 0.25) is 5.91 Å². The summed E-state index contributed by atoms with van der Waals surface area (Å²) in [7, 11) is 3.88. The SMILES string of the molecule is CC(C)CC(NC(=O)CCOc1cccc(N(C)C)c1)C(=O)O. The molecule has 0 bridgehead atoms. The van der Waals surface area contributed by atoms with E-state index in [1.54, 1.807) is 0 Å². The first-order chi connectivity index (χ1) is 10.8. The van der Waals surface area contributed by atoms with E-state index in [-0.39, 0.29) is 24.9 Å². The molecule has 2 N–H and O–H groups in total. The first-order valence-corrected chi connectivity index (χ1v) is 7.72. The minimum Gasteiger partial charge on any atom is -0.493 e. The van der Waals surface area contributed by atoms with E-state index in [2.05, 4.69) is 5.32 Å². The Labute approximate surface area is 137 Å². The number of aliphatic carboxylic acids is 1. The third-order valence-electron chi connectivity index (χ3n) is 3.27. The Hall–Kier alpha value is -2.24. The summed E-state index contributed by atoms with van der Waals surface area (Å²) >= 11 is 0. The highest BCUT2D eigenvalue weighted by molar-refractivity contribution is 5.83. The summed E-state index contributed by atoms with van der Waals surface area (Å²) in [5.41, 5.74) is 1.01. The predicted molar refractivity (Wildman–Crippen MR) is 89.9 cm³/mol. The normalized spacial score (nSPS) is 11.9. The highest BCUT2D eigenvalue weighted by Crippen LogP contribution is 2.19. The average Bonchev–Trinajstić information content (AvgIpc) is 2.46. The van der Waals surface area contributed by atoms with Crippen molar-refractivity contribution in [3.63, 3.8) is 0 Å². The number of rotatable bonds is 9. The second-order valence-corrected chi connectivity index (χ2v) is 6.08. The van der Waals surface area contributed by atoms with Crippen LogP contribution in [-0.2, 0) is 9.59 Å². The molecule has 1 amide bonds. The van der Waals surface area contributed by atoms with Gasteiger partial charge < -0.3 is 20.1 Å². The Morgan fingerprint density at radius 1 is 1.30 bits per heavy atom. The zero-order valence-electron chi connectivity index (χ0n) is 14.2. The standard InChI is InChI=1S/C17H26N2O4/c1-12(2)10-15(17(21)22)18-16(20)8-9-23-14-7-5-6-13(11-14)19(3)4/h5-7,11-12,15H,8-10H2,1-4H3,(H,18,20)(H,21,22). The minimum atomic E-state index is -1.01. The summed E-state index contributed by atoms with van der Waals surface area (Å²) < 4.78 is 5.56. The Morgan fingerprint density at radius 2 is 2.00 bits per heavy atom. The molecular formula is C17H26N2O4. The van der Waals surface area contributed by atoms with Crippen LogP contribution in [0.2, 0.25) is 0 Å². The third-order valence-corrected chi connectivity index (χ3v) is 3.27. The van der Waals surface area contributed by atoms with Crippen LogP contribution in [0, 0.1) is 5.92 Å². The number of carboxylic acids is 1. The Bertz CT molecular complexity index is 529.